The molecule has 1 rings (SSSR count). The van der Waals surface area contributed by atoms with Crippen molar-refractivity contribution in [2.75, 3.05) is 18.0 Å². The zero-order chi connectivity index (χ0) is 13.5. The van der Waals surface area contributed by atoms with Crippen molar-refractivity contribution < 1.29 is 9.90 Å². The van der Waals surface area contributed by atoms with Crippen LogP contribution in [-0.4, -0.2) is 34.4 Å². The van der Waals surface area contributed by atoms with Gasteiger partial charge < -0.3 is 10.0 Å². The predicted octanol–water partition coefficient (Wildman–Crippen LogP) is 2.43. The Hall–Kier alpha value is -1.17. The molecule has 0 atom stereocenters. The first-order chi connectivity index (χ1) is 8.52. The zero-order valence-corrected chi connectivity index (χ0v) is 12.0. The molecule has 0 spiro atoms. The number of nitrogens with zero attached hydrogens (tertiary/aromatic N) is 3. The molecule has 0 saturated heterocycles. The molecule has 0 saturated carbocycles. The molecule has 18 heavy (non-hydrogen) atoms. The molecule has 0 aliphatic rings. The summed E-state index contributed by atoms with van der Waals surface area (Å²) >= 11 is 1.56. The highest BCUT2D eigenvalue weighted by molar-refractivity contribution is 7.15. The van der Waals surface area contributed by atoms with Gasteiger partial charge in [-0.25, -0.2) is 0 Å². The van der Waals surface area contributed by atoms with Crippen LogP contribution in [0.3, 0.4) is 0 Å². The lowest BCUT2D eigenvalue weighted by Crippen LogP contribution is -2.28. The second-order valence-corrected chi connectivity index (χ2v) is 5.69. The summed E-state index contributed by atoms with van der Waals surface area (Å²) in [5.74, 6) is -0.180. The van der Waals surface area contributed by atoms with Crippen LogP contribution in [0.5, 0.6) is 0 Å². The fraction of sp³-hybridized carbons (Fsp3) is 0.750. The van der Waals surface area contributed by atoms with Crippen LogP contribution in [0.25, 0.3) is 0 Å². The minimum atomic E-state index is -0.773. The smallest absolute Gasteiger partial charge is 0.305 e. The molecule has 0 aliphatic heterocycles. The van der Waals surface area contributed by atoms with Gasteiger partial charge in [0.25, 0.3) is 0 Å². The molecule has 0 amide bonds. The van der Waals surface area contributed by atoms with E-state index in [4.69, 9.17) is 5.11 Å². The predicted molar refractivity (Wildman–Crippen MR) is 73.2 cm³/mol. The van der Waals surface area contributed by atoms with Gasteiger partial charge in [-0.15, -0.1) is 10.2 Å². The van der Waals surface area contributed by atoms with E-state index in [9.17, 15) is 4.79 Å². The van der Waals surface area contributed by atoms with Gasteiger partial charge in [0, 0.05) is 13.1 Å². The first kappa shape index (κ1) is 14.9. The van der Waals surface area contributed by atoms with Gasteiger partial charge >= 0.3 is 5.97 Å². The number of carboxylic acids is 1. The summed E-state index contributed by atoms with van der Waals surface area (Å²) in [7, 11) is 0. The van der Waals surface area contributed by atoms with E-state index in [-0.39, 0.29) is 6.42 Å². The van der Waals surface area contributed by atoms with Crippen LogP contribution in [0.4, 0.5) is 5.13 Å². The Morgan fingerprint density at radius 2 is 2.11 bits per heavy atom. The van der Waals surface area contributed by atoms with Gasteiger partial charge in [0.05, 0.1) is 6.42 Å². The van der Waals surface area contributed by atoms with E-state index in [1.54, 1.807) is 11.3 Å². The van der Waals surface area contributed by atoms with Crippen molar-refractivity contribution >= 4 is 22.4 Å². The molecular weight excluding hydrogens is 250 g/mol. The maximum Gasteiger partial charge on any atom is 0.305 e. The SMILES string of the molecule is CCc1nnc(N(CCC(=O)O)CCC(C)C)s1. The summed E-state index contributed by atoms with van der Waals surface area (Å²) in [4.78, 5) is 12.7. The first-order valence-corrected chi connectivity index (χ1v) is 7.13. The summed E-state index contributed by atoms with van der Waals surface area (Å²) in [6.45, 7) is 7.70. The number of anilines is 1. The Morgan fingerprint density at radius 1 is 1.39 bits per heavy atom. The van der Waals surface area contributed by atoms with Crippen molar-refractivity contribution in [3.05, 3.63) is 5.01 Å². The molecule has 102 valence electrons. The van der Waals surface area contributed by atoms with Gasteiger partial charge in [-0.05, 0) is 18.8 Å². The molecule has 1 N–H and O–H groups in total. The van der Waals surface area contributed by atoms with Crippen LogP contribution in [-0.2, 0) is 11.2 Å². The Balaban J connectivity index is 2.65. The number of aromatic nitrogens is 2. The summed E-state index contributed by atoms with van der Waals surface area (Å²) in [5, 5.41) is 18.8. The van der Waals surface area contributed by atoms with E-state index in [0.717, 1.165) is 29.5 Å². The van der Waals surface area contributed by atoms with Crippen LogP contribution < -0.4 is 4.90 Å². The minimum absolute atomic E-state index is 0.138. The molecule has 0 fully saturated rings. The van der Waals surface area contributed by atoms with Crippen molar-refractivity contribution in [2.24, 2.45) is 5.92 Å². The third-order valence-corrected chi connectivity index (χ3v) is 3.73. The average molecular weight is 271 g/mol. The van der Waals surface area contributed by atoms with Crippen LogP contribution in [0.2, 0.25) is 0 Å². The number of aryl methyl sites for hydroxylation is 1. The van der Waals surface area contributed by atoms with Crippen molar-refractivity contribution in [2.45, 2.75) is 40.0 Å². The van der Waals surface area contributed by atoms with Crippen LogP contribution in [0.15, 0.2) is 0 Å². The Kier molecular flexibility index (Phi) is 6.04. The third-order valence-electron chi connectivity index (χ3n) is 2.60. The number of rotatable bonds is 8. The summed E-state index contributed by atoms with van der Waals surface area (Å²) in [6.07, 6.45) is 2.04. The fourth-order valence-corrected chi connectivity index (χ4v) is 2.29. The molecule has 1 aromatic heterocycles. The van der Waals surface area contributed by atoms with Crippen molar-refractivity contribution in [3.8, 4) is 0 Å². The molecule has 0 aromatic carbocycles. The van der Waals surface area contributed by atoms with E-state index in [2.05, 4.69) is 24.0 Å². The second kappa shape index (κ2) is 7.31. The van der Waals surface area contributed by atoms with E-state index in [1.807, 2.05) is 11.8 Å². The highest BCUT2D eigenvalue weighted by Gasteiger charge is 2.14. The van der Waals surface area contributed by atoms with Crippen molar-refractivity contribution in [3.63, 3.8) is 0 Å². The molecule has 0 radical (unpaired) electrons. The van der Waals surface area contributed by atoms with Crippen molar-refractivity contribution in [1.82, 2.24) is 10.2 Å². The van der Waals surface area contributed by atoms with Gasteiger partial charge in [0.2, 0.25) is 5.13 Å². The van der Waals surface area contributed by atoms with Crippen LogP contribution >= 0.6 is 11.3 Å². The second-order valence-electron chi connectivity index (χ2n) is 4.65. The van der Waals surface area contributed by atoms with Gasteiger partial charge in [0.1, 0.15) is 5.01 Å². The molecule has 1 aromatic rings. The largest absolute Gasteiger partial charge is 0.481 e. The number of hydrogen-bond acceptors (Lipinski definition) is 5. The lowest BCUT2D eigenvalue weighted by atomic mass is 10.1. The summed E-state index contributed by atoms with van der Waals surface area (Å²) in [6, 6.07) is 0. The Bertz CT molecular complexity index is 379. The van der Waals surface area contributed by atoms with Gasteiger partial charge in [-0.1, -0.05) is 32.1 Å². The highest BCUT2D eigenvalue weighted by atomic mass is 32.1. The molecule has 0 bridgehead atoms. The maximum absolute atomic E-state index is 10.7. The quantitative estimate of drug-likeness (QED) is 0.786. The number of aliphatic carboxylic acids is 1. The lowest BCUT2D eigenvalue weighted by molar-refractivity contribution is -0.136. The van der Waals surface area contributed by atoms with Crippen LogP contribution in [0.1, 0.15) is 38.6 Å². The maximum atomic E-state index is 10.7. The normalized spacial score (nSPS) is 10.9. The van der Waals surface area contributed by atoms with E-state index >= 15 is 0 Å². The highest BCUT2D eigenvalue weighted by Crippen LogP contribution is 2.21. The lowest BCUT2D eigenvalue weighted by Gasteiger charge is -2.21. The van der Waals surface area contributed by atoms with E-state index in [1.165, 1.54) is 0 Å². The van der Waals surface area contributed by atoms with E-state index in [0.29, 0.717) is 12.5 Å². The van der Waals surface area contributed by atoms with E-state index < -0.39 is 5.97 Å². The molecule has 6 heteroatoms. The third kappa shape index (κ3) is 5.00. The Labute approximate surface area is 112 Å². The minimum Gasteiger partial charge on any atom is -0.481 e. The average Bonchev–Trinajstić information content (AvgIpc) is 2.77. The molecular formula is C12H21N3O2S. The van der Waals surface area contributed by atoms with Gasteiger partial charge in [-0.2, -0.15) is 0 Å². The molecule has 0 aliphatic carbocycles. The van der Waals surface area contributed by atoms with Crippen LogP contribution in [0, 0.1) is 5.92 Å². The first-order valence-electron chi connectivity index (χ1n) is 6.32. The standard InChI is InChI=1S/C12H21N3O2S/c1-4-10-13-14-12(18-10)15(7-5-9(2)3)8-6-11(16)17/h9H,4-8H2,1-3H3,(H,16,17). The fourth-order valence-electron chi connectivity index (χ4n) is 1.46. The monoisotopic (exact) mass is 271 g/mol. The number of hydrogen-bond donors (Lipinski definition) is 1. The zero-order valence-electron chi connectivity index (χ0n) is 11.2. The molecule has 5 nitrogen and oxygen atoms in total. The number of carboxylic acid groups (broad SMARTS) is 1. The summed E-state index contributed by atoms with van der Waals surface area (Å²) in [5.41, 5.74) is 0. The van der Waals surface area contributed by atoms with Crippen molar-refractivity contribution in [1.29, 1.82) is 0 Å². The number of carbonyl (C=O) groups is 1. The molecule has 1 heterocycles. The summed E-state index contributed by atoms with van der Waals surface area (Å²) < 4.78 is 0. The topological polar surface area (TPSA) is 66.3 Å². The van der Waals surface area contributed by atoms with Gasteiger partial charge in [0.15, 0.2) is 0 Å². The van der Waals surface area contributed by atoms with Gasteiger partial charge in [-0.3, -0.25) is 4.79 Å². The Morgan fingerprint density at radius 3 is 2.61 bits per heavy atom. The molecule has 0 unspecified atom stereocenters.